The lowest BCUT2D eigenvalue weighted by molar-refractivity contribution is -0.385. The van der Waals surface area contributed by atoms with Crippen molar-refractivity contribution in [2.24, 2.45) is 5.92 Å². The summed E-state index contributed by atoms with van der Waals surface area (Å²) in [5, 5.41) is 23.3. The average Bonchev–Trinajstić information content (AvgIpc) is 2.60. The minimum absolute atomic E-state index is 0.0555. The molecule has 1 aromatic heterocycles. The molecule has 0 saturated carbocycles. The second-order valence-corrected chi connectivity index (χ2v) is 3.53. The van der Waals surface area contributed by atoms with Gasteiger partial charge in [0.1, 0.15) is 11.9 Å². The molecule has 7 heteroatoms. The van der Waals surface area contributed by atoms with Crippen LogP contribution in [-0.4, -0.2) is 25.8 Å². The average molecular weight is 227 g/mol. The van der Waals surface area contributed by atoms with Crippen LogP contribution in [0.3, 0.4) is 0 Å². The molecule has 1 N–H and O–H groups in total. The summed E-state index contributed by atoms with van der Waals surface area (Å²) in [5.41, 5.74) is 0.322. The monoisotopic (exact) mass is 227 g/mol. The Bertz CT molecular complexity index is 413. The number of carboxylic acid groups (broad SMARTS) is 1. The van der Waals surface area contributed by atoms with Crippen LogP contribution in [0.2, 0.25) is 0 Å². The van der Waals surface area contributed by atoms with E-state index < -0.39 is 16.8 Å². The number of aliphatic carboxylic acids is 1. The Morgan fingerprint density at radius 3 is 2.75 bits per heavy atom. The van der Waals surface area contributed by atoms with Gasteiger partial charge in [-0.25, -0.2) is 0 Å². The highest BCUT2D eigenvalue weighted by Gasteiger charge is 2.20. The topological polar surface area (TPSA) is 98.3 Å². The first-order chi connectivity index (χ1) is 7.45. The standard InChI is InChI=1S/C9H13N3O4/c1-3-7-8(12(15)16)5-11(10-7)4-6(2)9(13)14/h5-6H,3-4H2,1-2H3,(H,13,14). The van der Waals surface area contributed by atoms with Crippen molar-refractivity contribution in [2.45, 2.75) is 26.8 Å². The molecule has 0 amide bonds. The second kappa shape index (κ2) is 4.73. The molecule has 0 fully saturated rings. The minimum Gasteiger partial charge on any atom is -0.481 e. The molecule has 1 atom stereocenters. The van der Waals surface area contributed by atoms with E-state index in [1.54, 1.807) is 6.92 Å². The van der Waals surface area contributed by atoms with E-state index in [9.17, 15) is 14.9 Å². The van der Waals surface area contributed by atoms with Crippen molar-refractivity contribution in [3.05, 3.63) is 22.0 Å². The predicted octanol–water partition coefficient (Wildman–Crippen LogP) is 1.07. The molecule has 0 aliphatic rings. The molecule has 0 spiro atoms. The van der Waals surface area contributed by atoms with Crippen LogP contribution in [0.25, 0.3) is 0 Å². The van der Waals surface area contributed by atoms with Crippen molar-refractivity contribution in [1.82, 2.24) is 9.78 Å². The van der Waals surface area contributed by atoms with Crippen LogP contribution >= 0.6 is 0 Å². The molecule has 0 saturated heterocycles. The fourth-order valence-electron chi connectivity index (χ4n) is 1.31. The number of nitro groups is 1. The van der Waals surface area contributed by atoms with Gasteiger partial charge in [-0.1, -0.05) is 13.8 Å². The van der Waals surface area contributed by atoms with Gasteiger partial charge in [-0.05, 0) is 6.42 Å². The first-order valence-corrected chi connectivity index (χ1v) is 4.89. The molecule has 0 aromatic carbocycles. The zero-order chi connectivity index (χ0) is 12.3. The van der Waals surface area contributed by atoms with Crippen molar-refractivity contribution in [1.29, 1.82) is 0 Å². The Kier molecular flexibility index (Phi) is 3.60. The maximum atomic E-state index is 10.6. The van der Waals surface area contributed by atoms with Gasteiger partial charge < -0.3 is 5.11 Å². The Labute approximate surface area is 91.8 Å². The molecule has 16 heavy (non-hydrogen) atoms. The third-order valence-corrected chi connectivity index (χ3v) is 2.23. The van der Waals surface area contributed by atoms with Gasteiger partial charge in [0.15, 0.2) is 0 Å². The number of hydrogen-bond acceptors (Lipinski definition) is 4. The summed E-state index contributed by atoms with van der Waals surface area (Å²) in [7, 11) is 0. The van der Waals surface area contributed by atoms with E-state index in [-0.39, 0.29) is 12.2 Å². The SMILES string of the molecule is CCc1nn(CC(C)C(=O)O)cc1[N+](=O)[O-]. The highest BCUT2D eigenvalue weighted by molar-refractivity contribution is 5.69. The number of carboxylic acids is 1. The van der Waals surface area contributed by atoms with Gasteiger partial charge in [-0.15, -0.1) is 0 Å². The van der Waals surface area contributed by atoms with E-state index in [4.69, 9.17) is 5.11 Å². The quantitative estimate of drug-likeness (QED) is 0.599. The molecule has 1 heterocycles. The second-order valence-electron chi connectivity index (χ2n) is 3.53. The van der Waals surface area contributed by atoms with Crippen LogP contribution in [0, 0.1) is 16.0 Å². The summed E-state index contributed by atoms with van der Waals surface area (Å²) in [4.78, 5) is 20.8. The molecule has 1 aromatic rings. The highest BCUT2D eigenvalue weighted by atomic mass is 16.6. The van der Waals surface area contributed by atoms with Crippen molar-refractivity contribution >= 4 is 11.7 Å². The van der Waals surface area contributed by atoms with Gasteiger partial charge in [-0.3, -0.25) is 19.6 Å². The molecule has 1 rings (SSSR count). The zero-order valence-electron chi connectivity index (χ0n) is 9.08. The predicted molar refractivity (Wildman–Crippen MR) is 55.1 cm³/mol. The summed E-state index contributed by atoms with van der Waals surface area (Å²) >= 11 is 0. The number of nitrogens with zero attached hydrogens (tertiary/aromatic N) is 3. The first-order valence-electron chi connectivity index (χ1n) is 4.89. The lowest BCUT2D eigenvalue weighted by Gasteiger charge is -2.04. The third-order valence-electron chi connectivity index (χ3n) is 2.23. The molecule has 0 bridgehead atoms. The van der Waals surface area contributed by atoms with E-state index in [0.29, 0.717) is 12.1 Å². The molecule has 7 nitrogen and oxygen atoms in total. The Morgan fingerprint density at radius 1 is 1.75 bits per heavy atom. The lowest BCUT2D eigenvalue weighted by Crippen LogP contribution is -2.17. The number of carbonyl (C=O) groups is 1. The van der Waals surface area contributed by atoms with Crippen LogP contribution in [0.15, 0.2) is 6.20 Å². The Hall–Kier alpha value is -1.92. The number of aromatic nitrogens is 2. The van der Waals surface area contributed by atoms with Crippen LogP contribution in [0.4, 0.5) is 5.69 Å². The summed E-state index contributed by atoms with van der Waals surface area (Å²) < 4.78 is 1.32. The van der Waals surface area contributed by atoms with Crippen LogP contribution < -0.4 is 0 Å². The fourth-order valence-corrected chi connectivity index (χ4v) is 1.31. The normalized spacial score (nSPS) is 12.4. The van der Waals surface area contributed by atoms with Crippen LogP contribution in [0.5, 0.6) is 0 Å². The number of aryl methyl sites for hydroxylation is 1. The van der Waals surface area contributed by atoms with Gasteiger partial charge in [0, 0.05) is 0 Å². The molecule has 0 radical (unpaired) electrons. The maximum absolute atomic E-state index is 10.6. The van der Waals surface area contributed by atoms with Gasteiger partial charge in [-0.2, -0.15) is 5.10 Å². The van der Waals surface area contributed by atoms with E-state index in [1.165, 1.54) is 17.8 Å². The summed E-state index contributed by atoms with van der Waals surface area (Å²) in [6, 6.07) is 0. The van der Waals surface area contributed by atoms with Gasteiger partial charge >= 0.3 is 11.7 Å². The molecular weight excluding hydrogens is 214 g/mol. The van der Waals surface area contributed by atoms with Crippen molar-refractivity contribution in [3.63, 3.8) is 0 Å². The summed E-state index contributed by atoms with van der Waals surface area (Å²) in [6.07, 6.45) is 1.73. The third kappa shape index (κ3) is 2.56. The maximum Gasteiger partial charge on any atom is 0.310 e. The lowest BCUT2D eigenvalue weighted by atomic mass is 10.2. The van der Waals surface area contributed by atoms with E-state index in [2.05, 4.69) is 5.10 Å². The number of hydrogen-bond donors (Lipinski definition) is 1. The highest BCUT2D eigenvalue weighted by Crippen LogP contribution is 2.17. The van der Waals surface area contributed by atoms with Crippen LogP contribution in [0.1, 0.15) is 19.5 Å². The van der Waals surface area contributed by atoms with Gasteiger partial charge in [0.25, 0.3) is 0 Å². The smallest absolute Gasteiger partial charge is 0.310 e. The Morgan fingerprint density at radius 2 is 2.38 bits per heavy atom. The van der Waals surface area contributed by atoms with E-state index in [0.717, 1.165) is 0 Å². The van der Waals surface area contributed by atoms with Gasteiger partial charge in [0.2, 0.25) is 0 Å². The zero-order valence-corrected chi connectivity index (χ0v) is 9.08. The molecule has 0 aliphatic heterocycles. The summed E-state index contributed by atoms with van der Waals surface area (Å²) in [5.74, 6) is -1.57. The minimum atomic E-state index is -0.948. The first kappa shape index (κ1) is 12.2. The molecule has 1 unspecified atom stereocenters. The van der Waals surface area contributed by atoms with Crippen LogP contribution in [-0.2, 0) is 17.8 Å². The fraction of sp³-hybridized carbons (Fsp3) is 0.556. The van der Waals surface area contributed by atoms with E-state index >= 15 is 0 Å². The number of rotatable bonds is 5. The largest absolute Gasteiger partial charge is 0.481 e. The molecule has 88 valence electrons. The summed E-state index contributed by atoms with van der Waals surface area (Å²) in [6.45, 7) is 3.43. The molecular formula is C9H13N3O4. The van der Waals surface area contributed by atoms with Crippen molar-refractivity contribution in [3.8, 4) is 0 Å². The molecule has 0 aliphatic carbocycles. The van der Waals surface area contributed by atoms with E-state index in [1.807, 2.05) is 0 Å². The Balaban J connectivity index is 2.91. The van der Waals surface area contributed by atoms with Gasteiger partial charge in [0.05, 0.1) is 17.4 Å². The van der Waals surface area contributed by atoms with Crippen molar-refractivity contribution in [2.75, 3.05) is 0 Å². The van der Waals surface area contributed by atoms with Crippen molar-refractivity contribution < 1.29 is 14.8 Å².